The molecule has 0 spiro atoms. The van der Waals surface area contributed by atoms with Crippen LogP contribution in [0.5, 0.6) is 23.0 Å². The van der Waals surface area contributed by atoms with Crippen molar-refractivity contribution in [1.82, 2.24) is 20.1 Å². The van der Waals surface area contributed by atoms with Crippen molar-refractivity contribution >= 4 is 67.7 Å². The van der Waals surface area contributed by atoms with E-state index in [9.17, 15) is 53.6 Å². The van der Waals surface area contributed by atoms with Crippen molar-refractivity contribution in [1.29, 1.82) is 0 Å². The number of carbonyl (C=O) groups excluding carboxylic acids is 4. The normalized spacial score (nSPS) is 11.9. The van der Waals surface area contributed by atoms with Crippen molar-refractivity contribution < 1.29 is 134 Å². The topological polar surface area (TPSA) is 470 Å². The molecule has 113 heavy (non-hydrogen) atoms. The first-order valence-electron chi connectivity index (χ1n) is 35.8. The molecule has 0 aromatic heterocycles. The number of amides is 4. The molecule has 12 N–H and O–H groups in total. The van der Waals surface area contributed by atoms with Gasteiger partial charge in [0.2, 0.25) is 31.9 Å². The van der Waals surface area contributed by atoms with Crippen LogP contribution >= 0.6 is 0 Å². The molecule has 41 heteroatoms. The van der Waals surface area contributed by atoms with Gasteiger partial charge in [-0.3, -0.25) is 19.2 Å². The number of carbonyl (C=O) groups is 4. The summed E-state index contributed by atoms with van der Waals surface area (Å²) < 4.78 is 208. The smallest absolute Gasteiger partial charge is 0.275 e. The first kappa shape index (κ1) is 97.1. The number of guanidine groups is 2. The Labute approximate surface area is 654 Å². The monoisotopic (exact) mass is 1650 g/mol. The van der Waals surface area contributed by atoms with Gasteiger partial charge in [-0.05, 0) is 110 Å². The number of nitrogens with one attached hydrogen (secondary N) is 4. The van der Waals surface area contributed by atoms with Crippen LogP contribution in [0.3, 0.4) is 0 Å². The minimum absolute atomic E-state index is 0.0123. The molecule has 0 aliphatic carbocycles. The lowest BCUT2D eigenvalue weighted by Crippen LogP contribution is -2.28. The number of nitrogens with two attached hydrogens (primary N) is 4. The predicted molar refractivity (Wildman–Crippen MR) is 403 cm³/mol. The molecule has 632 valence electrons. The summed E-state index contributed by atoms with van der Waals surface area (Å²) >= 11 is 0. The van der Waals surface area contributed by atoms with Gasteiger partial charge < -0.3 is 114 Å². The predicted octanol–water partition coefficient (Wildman–Crippen LogP) is 2.75. The maximum absolute atomic E-state index is 14.8. The molecule has 4 aromatic rings. The highest BCUT2D eigenvalue weighted by molar-refractivity contribution is 7.89. The zero-order valence-corrected chi connectivity index (χ0v) is 64.9. The van der Waals surface area contributed by atoms with Crippen LogP contribution in [0.25, 0.3) is 12.2 Å². The second kappa shape index (κ2) is 58.5. The van der Waals surface area contributed by atoms with Crippen molar-refractivity contribution in [2.24, 2.45) is 32.9 Å². The Morgan fingerprint density at radius 1 is 0.345 bits per heavy atom. The fourth-order valence-corrected chi connectivity index (χ4v) is 10.8. The number of sulfonamides is 2. The van der Waals surface area contributed by atoms with Crippen molar-refractivity contribution in [2.75, 3.05) is 224 Å². The van der Waals surface area contributed by atoms with Gasteiger partial charge in [-0.1, -0.05) is 0 Å². The number of aliphatic imine (C=N–C) groups is 2. The summed E-state index contributed by atoms with van der Waals surface area (Å²) in [5, 5.41) is 5.49. The third-order valence-electron chi connectivity index (χ3n) is 14.3. The molecule has 35 nitrogen and oxygen atoms in total. The van der Waals surface area contributed by atoms with E-state index in [0.717, 1.165) is 24.3 Å². The van der Waals surface area contributed by atoms with Gasteiger partial charge in [0.25, 0.3) is 11.8 Å². The van der Waals surface area contributed by atoms with E-state index in [4.69, 9.17) is 103 Å². The van der Waals surface area contributed by atoms with Gasteiger partial charge in [0.05, 0.1) is 208 Å². The number of benzene rings is 4. The van der Waals surface area contributed by atoms with Gasteiger partial charge in [0, 0.05) is 50.2 Å². The highest BCUT2D eigenvalue weighted by Crippen LogP contribution is 2.32. The number of hydrogen-bond acceptors (Lipinski definition) is 25. The van der Waals surface area contributed by atoms with Crippen LogP contribution in [0, 0.1) is 23.3 Å². The van der Waals surface area contributed by atoms with Crippen molar-refractivity contribution in [2.45, 2.75) is 36.5 Å². The molecule has 0 unspecified atom stereocenters. The molecule has 0 atom stereocenters. The molecule has 4 aromatic carbocycles. The van der Waals surface area contributed by atoms with Gasteiger partial charge in [0.15, 0.2) is 46.7 Å². The summed E-state index contributed by atoms with van der Waals surface area (Å²) in [6.45, 7) is 12.5. The summed E-state index contributed by atoms with van der Waals surface area (Å²) in [7, 11) is -7.90. The Morgan fingerprint density at radius 2 is 0.566 bits per heavy atom. The van der Waals surface area contributed by atoms with Crippen LogP contribution in [0.2, 0.25) is 0 Å². The van der Waals surface area contributed by atoms with E-state index in [0.29, 0.717) is 119 Å². The van der Waals surface area contributed by atoms with E-state index in [1.54, 1.807) is 0 Å². The van der Waals surface area contributed by atoms with Crippen molar-refractivity contribution in [3.8, 4) is 23.0 Å². The third-order valence-corrected chi connectivity index (χ3v) is 17.2. The summed E-state index contributed by atoms with van der Waals surface area (Å²) in [5.41, 5.74) is 20.8. The van der Waals surface area contributed by atoms with Crippen LogP contribution in [0.15, 0.2) is 104 Å². The average molecular weight is 1650 g/mol. The molecule has 0 radical (unpaired) electrons. The van der Waals surface area contributed by atoms with E-state index in [1.165, 1.54) is 74.5 Å². The number of rotatable bonds is 66. The minimum atomic E-state index is -3.95. The molecule has 0 bridgehead atoms. The van der Waals surface area contributed by atoms with Crippen LogP contribution in [0.1, 0.15) is 37.8 Å². The van der Waals surface area contributed by atoms with Crippen LogP contribution < -0.4 is 52.5 Å². The summed E-state index contributed by atoms with van der Waals surface area (Å²) in [5.74, 6) is -8.70. The van der Waals surface area contributed by atoms with E-state index in [2.05, 4.69) is 30.1 Å². The second-order valence-corrected chi connectivity index (χ2v) is 26.8. The van der Waals surface area contributed by atoms with Gasteiger partial charge >= 0.3 is 0 Å². The van der Waals surface area contributed by atoms with E-state index in [-0.39, 0.29) is 174 Å². The molecule has 0 saturated carbocycles. The lowest BCUT2D eigenvalue weighted by atomic mass is 10.1. The fraction of sp³-hybridized carbons (Fsp3) is 0.528. The summed E-state index contributed by atoms with van der Waals surface area (Å²) in [4.78, 5) is 54.5. The van der Waals surface area contributed by atoms with Gasteiger partial charge in [-0.2, -0.15) is 9.98 Å². The first-order chi connectivity index (χ1) is 54.4. The summed E-state index contributed by atoms with van der Waals surface area (Å²) in [6.07, 6.45) is 2.74. The van der Waals surface area contributed by atoms with Crippen LogP contribution in [-0.2, 0) is 110 Å². The Balaban J connectivity index is 0.789. The number of hydrogen-bond donors (Lipinski definition) is 8. The average Bonchev–Trinajstić information content (AvgIpc) is 0.825. The van der Waals surface area contributed by atoms with Crippen molar-refractivity contribution in [3.05, 3.63) is 118 Å². The fourth-order valence-electron chi connectivity index (χ4n) is 8.80. The van der Waals surface area contributed by atoms with Gasteiger partial charge in [-0.15, -0.1) is 0 Å². The molecule has 4 rings (SSSR count). The lowest BCUT2D eigenvalue weighted by molar-refractivity contribution is -0.123. The van der Waals surface area contributed by atoms with Gasteiger partial charge in [0.1, 0.15) is 11.5 Å². The minimum Gasteiger partial charge on any atom is -0.451 e. The van der Waals surface area contributed by atoms with Crippen LogP contribution in [-0.4, -0.2) is 277 Å². The lowest BCUT2D eigenvalue weighted by Gasteiger charge is -2.11. The van der Waals surface area contributed by atoms with Crippen LogP contribution in [0.4, 0.5) is 17.6 Å². The zero-order chi connectivity index (χ0) is 82.2. The standard InChI is InChI=1S/C72H104F4N10O25S2/c1-53(69(89)85-71(77)78)47-55-49-61(73)67(62(74)50-55)110-57-3-7-59(8-4-57)112(91,92)83-15-21-99-27-33-103-31-25-97-19-13-81-65(87)11-17-95-23-29-101-35-37-105-39-41-107-43-45-109-46-44-108-42-40-106-38-36-102-30-24-96-18-12-66(88)82-14-20-98-26-32-104-34-28-100-22-16-84-113(93,94)60-9-5-58(6-10-60)111-68-63(75)51-56(52-64(68)76)48-54(2)70(90)86-72(79)80/h3-10,47-52,83-84H,11-46H2,1-2H3,(H,81,87)(H,82,88)(H4,77,78,85,89)(H4,79,80,86,90). The Morgan fingerprint density at radius 3 is 0.805 bits per heavy atom. The molecule has 0 aliphatic rings. The van der Waals surface area contributed by atoms with Crippen molar-refractivity contribution in [3.63, 3.8) is 0 Å². The number of halogens is 4. The Bertz CT molecular complexity index is 3510. The molecule has 0 fully saturated rings. The molecule has 4 amide bonds. The number of ether oxygens (including phenoxy) is 17. The largest absolute Gasteiger partial charge is 0.451 e. The molecular formula is C72H104F4N10O25S2. The molecular weight excluding hydrogens is 1540 g/mol. The zero-order valence-electron chi connectivity index (χ0n) is 63.3. The summed E-state index contributed by atoms with van der Waals surface area (Å²) in [6, 6.07) is 13.5. The highest BCUT2D eigenvalue weighted by Gasteiger charge is 2.20. The highest BCUT2D eigenvalue weighted by atomic mass is 32.2. The number of nitrogens with zero attached hydrogens (tertiary/aromatic N) is 2. The molecule has 0 aliphatic heterocycles. The quantitative estimate of drug-likeness (QED) is 0.0104. The molecule has 0 heterocycles. The third kappa shape index (κ3) is 45.4. The SMILES string of the molecule is CC(=Cc1cc(F)c(Oc2ccc(S(=O)(=O)NCCOCCOCCOCCNC(=O)CCOCCOCCOCCOCCOCCOCCOCCOCCOCCC(=O)NCCOCCOCCOCCNS(=O)(=O)c3ccc(Oc4c(F)cc(C=C(C)C(=O)N=C(N)N)cc4F)cc3)cc2)c(F)c1)C(=O)N=C(N)N. The van der Waals surface area contributed by atoms with E-state index >= 15 is 0 Å². The molecule has 0 saturated heterocycles. The van der Waals surface area contributed by atoms with E-state index < -0.39 is 78.5 Å². The first-order valence-corrected chi connectivity index (χ1v) is 38.8. The van der Waals surface area contributed by atoms with E-state index in [1.807, 2.05) is 0 Å². The maximum Gasteiger partial charge on any atom is 0.275 e. The Kier molecular flexibility index (Phi) is 50.3. The van der Waals surface area contributed by atoms with Gasteiger partial charge in [-0.25, -0.2) is 43.8 Å². The Hall–Kier alpha value is -8.28. The maximum atomic E-state index is 14.8. The second-order valence-electron chi connectivity index (χ2n) is 23.3.